The van der Waals surface area contributed by atoms with Gasteiger partial charge in [0.15, 0.2) is 11.3 Å². The summed E-state index contributed by atoms with van der Waals surface area (Å²) < 4.78 is 11.7. The van der Waals surface area contributed by atoms with E-state index in [2.05, 4.69) is 36.0 Å². The molecule has 0 N–H and O–H groups in total. The number of hydrogen-bond acceptors (Lipinski definition) is 5. The molecule has 0 unspecified atom stereocenters. The molecule has 0 bridgehead atoms. The topological polar surface area (TPSA) is 55.3 Å². The predicted octanol–water partition coefficient (Wildman–Crippen LogP) is 5.82. The molecular weight excluding hydrogens is 374 g/mol. The molecule has 1 aliphatic rings. The molecule has 6 heteroatoms. The summed E-state index contributed by atoms with van der Waals surface area (Å²) in [6.45, 7) is 5.78. The van der Waals surface area contributed by atoms with Crippen molar-refractivity contribution >= 4 is 28.7 Å². The van der Waals surface area contributed by atoms with E-state index in [9.17, 15) is 0 Å². The van der Waals surface area contributed by atoms with E-state index >= 15 is 0 Å². The van der Waals surface area contributed by atoms with Gasteiger partial charge in [0.25, 0.3) is 6.01 Å². The van der Waals surface area contributed by atoms with E-state index in [4.69, 9.17) is 25.5 Å². The molecular formula is C22H20ClN3O2. The molecule has 2 aromatic carbocycles. The number of anilines is 1. The lowest BCUT2D eigenvalue weighted by Crippen LogP contribution is -2.30. The van der Waals surface area contributed by atoms with Crippen LogP contribution in [0.5, 0.6) is 0 Å². The molecule has 3 heterocycles. The third-order valence-corrected chi connectivity index (χ3v) is 5.54. The van der Waals surface area contributed by atoms with Gasteiger partial charge in [-0.05, 0) is 54.3 Å². The highest BCUT2D eigenvalue weighted by Gasteiger charge is 2.27. The second-order valence-corrected chi connectivity index (χ2v) is 7.93. The summed E-state index contributed by atoms with van der Waals surface area (Å²) in [7, 11) is 0. The quantitative estimate of drug-likeness (QED) is 0.438. The van der Waals surface area contributed by atoms with Crippen molar-refractivity contribution < 1.29 is 8.94 Å². The zero-order valence-electron chi connectivity index (χ0n) is 15.8. The molecule has 1 aliphatic heterocycles. The van der Waals surface area contributed by atoms with E-state index in [1.807, 2.05) is 30.3 Å². The van der Waals surface area contributed by atoms with Crippen molar-refractivity contribution in [2.24, 2.45) is 0 Å². The van der Waals surface area contributed by atoms with Crippen LogP contribution in [0, 0.1) is 0 Å². The Balaban J connectivity index is 1.43. The maximum Gasteiger partial charge on any atom is 0.298 e. The number of halogens is 1. The van der Waals surface area contributed by atoms with E-state index in [1.165, 1.54) is 5.56 Å². The van der Waals surface area contributed by atoms with Crippen molar-refractivity contribution in [3.05, 3.63) is 64.3 Å². The monoisotopic (exact) mass is 393 g/mol. The van der Waals surface area contributed by atoms with Crippen LogP contribution in [0.25, 0.3) is 22.4 Å². The van der Waals surface area contributed by atoms with Crippen molar-refractivity contribution in [2.75, 3.05) is 11.4 Å². The molecule has 4 aromatic rings. The minimum Gasteiger partial charge on any atom is -0.423 e. The average Bonchev–Trinajstić information content (AvgIpc) is 3.31. The van der Waals surface area contributed by atoms with Gasteiger partial charge in [-0.3, -0.25) is 0 Å². The van der Waals surface area contributed by atoms with Crippen LogP contribution >= 0.6 is 11.6 Å². The lowest BCUT2D eigenvalue weighted by Gasteiger charge is -2.24. The first-order chi connectivity index (χ1) is 13.6. The molecule has 0 atom stereocenters. The number of fused-ring (bicyclic) bond motifs is 2. The van der Waals surface area contributed by atoms with Crippen LogP contribution < -0.4 is 4.90 Å². The van der Waals surface area contributed by atoms with E-state index in [1.54, 1.807) is 0 Å². The fourth-order valence-corrected chi connectivity index (χ4v) is 3.77. The van der Waals surface area contributed by atoms with Crippen molar-refractivity contribution in [1.29, 1.82) is 0 Å². The van der Waals surface area contributed by atoms with Crippen LogP contribution in [0.1, 0.15) is 36.6 Å². The van der Waals surface area contributed by atoms with Crippen LogP contribution in [0.15, 0.2) is 51.4 Å². The minimum absolute atomic E-state index is 0.462. The molecule has 28 heavy (non-hydrogen) atoms. The molecule has 2 aromatic heterocycles. The fourth-order valence-electron chi connectivity index (χ4n) is 3.65. The van der Waals surface area contributed by atoms with Gasteiger partial charge in [-0.25, -0.2) is 0 Å². The highest BCUT2D eigenvalue weighted by atomic mass is 35.5. The van der Waals surface area contributed by atoms with Crippen molar-refractivity contribution in [2.45, 2.75) is 32.7 Å². The summed E-state index contributed by atoms with van der Waals surface area (Å²) >= 11 is 5.99. The van der Waals surface area contributed by atoms with Gasteiger partial charge < -0.3 is 13.8 Å². The Morgan fingerprint density at radius 1 is 1.11 bits per heavy atom. The maximum atomic E-state index is 6.00. The van der Waals surface area contributed by atoms with Crippen LogP contribution in [0.4, 0.5) is 6.01 Å². The zero-order chi connectivity index (χ0) is 19.3. The zero-order valence-corrected chi connectivity index (χ0v) is 16.5. The molecule has 0 amide bonds. The SMILES string of the molecule is CC(C)c1ccc2oc(N3CCc4c(noc4-c4ccc(Cl)cc4)C3)nc2c1. The van der Waals surface area contributed by atoms with Gasteiger partial charge in [-0.15, -0.1) is 0 Å². The molecule has 0 spiro atoms. The van der Waals surface area contributed by atoms with Crippen LogP contribution in [0.2, 0.25) is 5.02 Å². The summed E-state index contributed by atoms with van der Waals surface area (Å²) in [6.07, 6.45) is 0.826. The molecule has 5 nitrogen and oxygen atoms in total. The predicted molar refractivity (Wildman–Crippen MR) is 110 cm³/mol. The first-order valence-electron chi connectivity index (χ1n) is 9.47. The lowest BCUT2D eigenvalue weighted by atomic mass is 10.0. The molecule has 0 saturated heterocycles. The lowest BCUT2D eigenvalue weighted by molar-refractivity contribution is 0.422. The van der Waals surface area contributed by atoms with Crippen molar-refractivity contribution in [3.63, 3.8) is 0 Å². The minimum atomic E-state index is 0.462. The second-order valence-electron chi connectivity index (χ2n) is 7.49. The molecule has 5 rings (SSSR count). The highest BCUT2D eigenvalue weighted by molar-refractivity contribution is 6.30. The fraction of sp³-hybridized carbons (Fsp3) is 0.273. The third-order valence-electron chi connectivity index (χ3n) is 5.29. The summed E-state index contributed by atoms with van der Waals surface area (Å²) in [5.74, 6) is 1.29. The first kappa shape index (κ1) is 17.3. The highest BCUT2D eigenvalue weighted by Crippen LogP contribution is 2.33. The Morgan fingerprint density at radius 3 is 2.71 bits per heavy atom. The van der Waals surface area contributed by atoms with E-state index in [0.29, 0.717) is 23.5 Å². The standard InChI is InChI=1S/C22H20ClN3O2/c1-13(2)15-5-8-20-18(11-15)24-22(27-20)26-10-9-17-19(12-26)25-28-21(17)14-3-6-16(23)7-4-14/h3-8,11,13H,9-10,12H2,1-2H3. The van der Waals surface area contributed by atoms with Crippen LogP contribution in [-0.4, -0.2) is 16.7 Å². The Labute approximate surface area is 167 Å². The van der Waals surface area contributed by atoms with Crippen LogP contribution in [-0.2, 0) is 13.0 Å². The summed E-state index contributed by atoms with van der Waals surface area (Å²) in [4.78, 5) is 6.83. The Kier molecular flexibility index (Phi) is 4.13. The summed E-state index contributed by atoms with van der Waals surface area (Å²) in [5.41, 5.74) is 6.05. The Morgan fingerprint density at radius 2 is 1.93 bits per heavy atom. The number of rotatable bonds is 3. The van der Waals surface area contributed by atoms with Gasteiger partial charge in [-0.1, -0.05) is 36.7 Å². The van der Waals surface area contributed by atoms with Crippen molar-refractivity contribution in [3.8, 4) is 11.3 Å². The number of oxazole rings is 1. The summed E-state index contributed by atoms with van der Waals surface area (Å²) in [5, 5.41) is 5.01. The van der Waals surface area contributed by atoms with Gasteiger partial charge in [0.05, 0.1) is 6.54 Å². The largest absolute Gasteiger partial charge is 0.423 e. The normalized spacial score (nSPS) is 14.1. The summed E-state index contributed by atoms with van der Waals surface area (Å²) in [6, 6.07) is 14.5. The Hall–Kier alpha value is -2.79. The molecule has 0 saturated carbocycles. The third kappa shape index (κ3) is 2.96. The van der Waals surface area contributed by atoms with Gasteiger partial charge in [0, 0.05) is 22.7 Å². The first-order valence-corrected chi connectivity index (χ1v) is 9.85. The average molecular weight is 394 g/mol. The Bertz CT molecular complexity index is 1140. The van der Waals surface area contributed by atoms with Crippen LogP contribution in [0.3, 0.4) is 0 Å². The molecule has 0 fully saturated rings. The van der Waals surface area contributed by atoms with Gasteiger partial charge in [-0.2, -0.15) is 4.98 Å². The maximum absolute atomic E-state index is 6.00. The van der Waals surface area contributed by atoms with E-state index in [-0.39, 0.29) is 0 Å². The van der Waals surface area contributed by atoms with Gasteiger partial charge in [0.2, 0.25) is 0 Å². The van der Waals surface area contributed by atoms with Gasteiger partial charge >= 0.3 is 0 Å². The molecule has 0 aliphatic carbocycles. The smallest absolute Gasteiger partial charge is 0.298 e. The number of aromatic nitrogens is 2. The second kappa shape index (κ2) is 6.67. The van der Waals surface area contributed by atoms with E-state index < -0.39 is 0 Å². The number of hydrogen-bond donors (Lipinski definition) is 0. The van der Waals surface area contributed by atoms with Gasteiger partial charge in [0.1, 0.15) is 11.2 Å². The molecule has 0 radical (unpaired) electrons. The van der Waals surface area contributed by atoms with Crippen molar-refractivity contribution in [1.82, 2.24) is 10.1 Å². The molecule has 142 valence electrons. The number of benzene rings is 2. The van der Waals surface area contributed by atoms with E-state index in [0.717, 1.165) is 46.6 Å². The number of nitrogens with zero attached hydrogens (tertiary/aromatic N) is 3.